The first-order valence-electron chi connectivity index (χ1n) is 40.7. The molecule has 10 N–H and O–H groups in total. The van der Waals surface area contributed by atoms with E-state index in [9.17, 15) is 29.1 Å². The number of anilines is 7. The maximum atomic E-state index is 11.8. The van der Waals surface area contributed by atoms with Gasteiger partial charge in [0.25, 0.3) is 0 Å². The average Bonchev–Trinajstić information content (AvgIpc) is 0.715. The zero-order valence-corrected chi connectivity index (χ0v) is 92.0. The van der Waals surface area contributed by atoms with Crippen LogP contribution in [0.25, 0.3) is 81.5 Å². The summed E-state index contributed by atoms with van der Waals surface area (Å²) in [5.41, 5.74) is 25.7. The molecule has 0 aliphatic carbocycles. The minimum absolute atomic E-state index is 0. The molecule has 17 nitrogen and oxygen atoms in total. The molecule has 0 spiro atoms. The number of carbonyl (C=O) groups excluding carboxylic acids is 2. The van der Waals surface area contributed by atoms with E-state index in [0.29, 0.717) is 15.7 Å². The van der Waals surface area contributed by atoms with Gasteiger partial charge in [-0.25, -0.2) is 19.2 Å². The SMILES string of the molecule is C=Cc1cc2cc(Br)ccc2cc1N(C)C.CN(C)c1cc2ccc(Br)cc2cc1C=O.CN(C)c1cc2ccc(Br)cc2cc1CO.COC(=O)c1cc2cc(Br)ccc2cc1N(C)C.CP(Br)(c1ccccc1)(c1ccccc1)c1ccccc1.Nc1c(C(=O)O)cc2cc(Br)ccc2c1Br.Nc1cc2ccc(Br)cc2cc1C(=O)O.Nc1cc2ccccc2cc1C(=O)O.[SnH2]. The maximum absolute atomic E-state index is 11.8. The first-order valence-corrected chi connectivity index (χ1v) is 50.9. The number of nitrogens with two attached hydrogens (primary N) is 3. The van der Waals surface area contributed by atoms with Crippen LogP contribution in [0.3, 0.4) is 0 Å². The van der Waals surface area contributed by atoms with E-state index in [-0.39, 0.29) is 64.5 Å². The number of hydrogen-bond acceptors (Lipinski definition) is 14. The number of ether oxygens (including phenoxy) is 1. The summed E-state index contributed by atoms with van der Waals surface area (Å²) < 4.78 is 11.4. The van der Waals surface area contributed by atoms with E-state index < -0.39 is 23.2 Å². The van der Waals surface area contributed by atoms with E-state index in [1.807, 2.05) is 211 Å². The molecular weight excluding hydrogens is 2320 g/mol. The molecule has 17 aromatic carbocycles. The number of carboxylic acid groups (broad SMARTS) is 3. The number of halogens is 8. The number of hydrogen-bond donors (Lipinski definition) is 7. The first-order chi connectivity index (χ1) is 62.7. The zero-order valence-electron chi connectivity index (χ0n) is 74.4. The van der Waals surface area contributed by atoms with Gasteiger partial charge >= 0.3 is 182 Å². The molecule has 27 heteroatoms. The van der Waals surface area contributed by atoms with E-state index >= 15 is 0 Å². The summed E-state index contributed by atoms with van der Waals surface area (Å²) >= 11 is 28.0. The zero-order chi connectivity index (χ0) is 96.2. The van der Waals surface area contributed by atoms with Gasteiger partial charge in [-0.2, -0.15) is 0 Å². The van der Waals surface area contributed by atoms with Crippen LogP contribution >= 0.6 is 132 Å². The second-order valence-corrected chi connectivity index (χ2v) is 47.3. The third-order valence-corrected chi connectivity index (χ3v) is 33.5. The van der Waals surface area contributed by atoms with Crippen molar-refractivity contribution >= 4 is 324 Å². The molecule has 0 fully saturated rings. The summed E-state index contributed by atoms with van der Waals surface area (Å²) in [6, 6.07) is 100. The number of aliphatic hydroxyl groups is 1. The van der Waals surface area contributed by atoms with Crippen LogP contribution in [0.4, 0.5) is 39.8 Å². The molecule has 2 radical (unpaired) electrons. The Bertz CT molecular complexity index is 6940. The number of fused-ring (bicyclic) bond motifs is 7. The monoisotopic (exact) mass is 2410 g/mol. The van der Waals surface area contributed by atoms with Crippen LogP contribution in [0.5, 0.6) is 0 Å². The van der Waals surface area contributed by atoms with Crippen LogP contribution in [-0.2, 0) is 11.3 Å². The molecule has 0 atom stereocenters. The Balaban J connectivity index is 0.000000171. The van der Waals surface area contributed by atoms with Crippen molar-refractivity contribution in [2.45, 2.75) is 6.61 Å². The van der Waals surface area contributed by atoms with Crippen molar-refractivity contribution in [2.75, 3.05) is 107 Å². The van der Waals surface area contributed by atoms with Crippen molar-refractivity contribution in [3.05, 3.63) is 380 Å². The number of esters is 1. The molecule has 17 rings (SSSR count). The topological polar surface area (TPSA) is 267 Å². The van der Waals surface area contributed by atoms with Gasteiger partial charge in [0, 0.05) is 127 Å². The molecule has 0 saturated heterocycles. The quantitative estimate of drug-likeness (QED) is 0.0175. The predicted octanol–water partition coefficient (Wildman–Crippen LogP) is 26.6. The number of aliphatic hydroxyl groups excluding tert-OH is 1. The molecule has 0 amide bonds. The summed E-state index contributed by atoms with van der Waals surface area (Å²) in [4.78, 5) is 63.5. The number of aldehydes is 1. The van der Waals surface area contributed by atoms with Gasteiger partial charge in [-0.3, -0.25) is 4.79 Å². The van der Waals surface area contributed by atoms with Crippen LogP contribution in [0, 0.1) is 0 Å². The summed E-state index contributed by atoms with van der Waals surface area (Å²) in [6.07, 6.45) is 2.80. The Morgan fingerprint density at radius 2 is 0.654 bits per heavy atom. The molecule has 0 heterocycles. The van der Waals surface area contributed by atoms with Crippen molar-refractivity contribution in [1.82, 2.24) is 0 Å². The standard InChI is InChI=1S/C19H18BrP.C14H14BrNO2.C14H14BrN.C13H14BrNO.C13H12BrNO.C11H7Br2NO2.C11H8BrNO2.C11H9NO2.Sn.2H/c1-21(20,17-11-5-2-6-12-17,18-13-7-3-8-14-18)19-15-9-4-10-16-19;1-16(2)13-8-9-4-5-11(15)6-10(9)7-12(13)14(17)18-3;1-4-10-7-12-8-13(15)6-5-11(12)9-14(10)16(2)3;2*1-15(2)13-7-9-3-4-12(14)6-10(9)5-11(13)8-16;12-6-1-2-7-5(3-6)4-8(11(15)16)10(14)9(7)13;12-8-2-1-6-5-10(13)9(11(14)15)4-7(6)3-8;12-10-6-8-4-2-1-3-7(8)5-9(10)11(13)14;;;/h2-16H,1H3;4-8H,1-3H3;4-9H,1H2,2-3H3;3-7,16H,8H2,1-2H3;3-8H,1-2H3;1-4H,14H2,(H,15,16);1-5H,13H2,(H,14,15);1-6H,12H2,(H,13,14);;;. The van der Waals surface area contributed by atoms with E-state index in [1.54, 1.807) is 30.3 Å². The van der Waals surface area contributed by atoms with Crippen LogP contribution < -0.4 is 52.7 Å². The molecule has 0 bridgehead atoms. The third-order valence-electron chi connectivity index (χ3n) is 21.4. The second kappa shape index (κ2) is 48.1. The van der Waals surface area contributed by atoms with Crippen molar-refractivity contribution in [1.29, 1.82) is 0 Å². The Labute approximate surface area is 857 Å². The Morgan fingerprint density at radius 3 is 1.02 bits per heavy atom. The molecule has 0 aliphatic rings. The Morgan fingerprint density at radius 1 is 0.361 bits per heavy atom. The van der Waals surface area contributed by atoms with Gasteiger partial charge in [-0.1, -0.05) is 169 Å². The molecule has 17 aromatic rings. The van der Waals surface area contributed by atoms with Crippen molar-refractivity contribution < 1.29 is 49.1 Å². The molecule has 0 aromatic heterocycles. The number of carbonyl (C=O) groups is 5. The molecule has 0 saturated carbocycles. The van der Waals surface area contributed by atoms with Crippen LogP contribution in [0.15, 0.2) is 341 Å². The van der Waals surface area contributed by atoms with E-state index in [0.717, 1.165) is 126 Å². The van der Waals surface area contributed by atoms with Gasteiger partial charge in [0.05, 0.1) is 47.3 Å². The third kappa shape index (κ3) is 26.8. The van der Waals surface area contributed by atoms with E-state index in [4.69, 9.17) is 37.3 Å². The van der Waals surface area contributed by atoms with Gasteiger partial charge in [0.15, 0.2) is 6.29 Å². The summed E-state index contributed by atoms with van der Waals surface area (Å²) in [6.45, 7) is 6.30. The molecule has 133 heavy (non-hydrogen) atoms. The molecule has 0 aliphatic heterocycles. The predicted molar refractivity (Wildman–Crippen MR) is 594 cm³/mol. The van der Waals surface area contributed by atoms with Gasteiger partial charge < -0.3 is 62.0 Å². The Hall–Kier alpha value is -10.5. The fourth-order valence-electron chi connectivity index (χ4n) is 14.6. The van der Waals surface area contributed by atoms with Crippen LogP contribution in [-0.4, -0.2) is 145 Å². The normalized spacial score (nSPS) is 10.9. The van der Waals surface area contributed by atoms with Crippen LogP contribution in [0.1, 0.15) is 62.9 Å². The molecule has 682 valence electrons. The van der Waals surface area contributed by atoms with Gasteiger partial charge in [0.2, 0.25) is 0 Å². The van der Waals surface area contributed by atoms with E-state index in [2.05, 4.69) is 285 Å². The van der Waals surface area contributed by atoms with E-state index in [1.165, 1.54) is 44.9 Å². The number of aromatic carboxylic acids is 3. The number of nitrogens with zero attached hydrogens (tertiary/aromatic N) is 4. The van der Waals surface area contributed by atoms with Gasteiger partial charge in [0.1, 0.15) is 0 Å². The average molecular weight is 2420 g/mol. The fourth-order valence-corrected chi connectivity index (χ4v) is 23.1. The number of methoxy groups -OCH3 is 1. The fraction of sp³-hybridized carbons (Fsp3) is 0.104. The Kier molecular flexibility index (Phi) is 38.4. The number of benzene rings is 17. The van der Waals surface area contributed by atoms with Gasteiger partial charge in [-0.05, 0) is 249 Å². The number of carboxylic acids is 3. The summed E-state index contributed by atoms with van der Waals surface area (Å²) in [7, 11) is 17.2. The molecule has 0 unspecified atom stereocenters. The van der Waals surface area contributed by atoms with Crippen molar-refractivity contribution in [3.63, 3.8) is 0 Å². The van der Waals surface area contributed by atoms with Crippen LogP contribution in [0.2, 0.25) is 0 Å². The number of nitrogen functional groups attached to an aromatic ring is 3. The number of rotatable bonds is 14. The second-order valence-electron chi connectivity index (χ2n) is 31.3. The first kappa shape index (κ1) is 106. The van der Waals surface area contributed by atoms with Crippen molar-refractivity contribution in [2.24, 2.45) is 0 Å². The molecular formula is C106H98Br8N7O10PSn. The summed E-state index contributed by atoms with van der Waals surface area (Å²) in [5, 5.41) is 52.1. The summed E-state index contributed by atoms with van der Waals surface area (Å²) in [5.74, 6) is -3.34. The van der Waals surface area contributed by atoms with Crippen molar-refractivity contribution in [3.8, 4) is 0 Å². The minimum atomic E-state index is -2.56. The van der Waals surface area contributed by atoms with Gasteiger partial charge in [-0.15, -0.1) is 0 Å².